The largest absolute Gasteiger partial charge is 0.371 e. The third kappa shape index (κ3) is 2.62. The lowest BCUT2D eigenvalue weighted by atomic mass is 10.0. The predicted molar refractivity (Wildman–Crippen MR) is 76.8 cm³/mol. The molecule has 2 nitrogen and oxygen atoms in total. The predicted octanol–water partition coefficient (Wildman–Crippen LogP) is 3.17. The molecule has 3 heteroatoms. The third-order valence-electron chi connectivity index (χ3n) is 4.67. The minimum Gasteiger partial charge on any atom is -0.371 e. The summed E-state index contributed by atoms with van der Waals surface area (Å²) >= 11 is 0. The van der Waals surface area contributed by atoms with Crippen LogP contribution >= 0.6 is 0 Å². The van der Waals surface area contributed by atoms with Crippen LogP contribution in [-0.2, 0) is 6.54 Å². The SMILES string of the molecule is CCNCc1cc(F)ccc1N1CC2CCCC2C1. The zero-order valence-corrected chi connectivity index (χ0v) is 11.7. The number of nitrogens with one attached hydrogen (secondary N) is 1. The molecule has 19 heavy (non-hydrogen) atoms. The van der Waals surface area contributed by atoms with E-state index in [1.54, 1.807) is 12.1 Å². The fraction of sp³-hybridized carbons (Fsp3) is 0.625. The summed E-state index contributed by atoms with van der Waals surface area (Å²) in [5.74, 6) is 1.62. The fourth-order valence-electron chi connectivity index (χ4n) is 3.70. The van der Waals surface area contributed by atoms with Gasteiger partial charge in [0.05, 0.1) is 0 Å². The molecule has 0 spiro atoms. The monoisotopic (exact) mass is 262 g/mol. The van der Waals surface area contributed by atoms with Gasteiger partial charge in [0.2, 0.25) is 0 Å². The molecule has 2 aliphatic rings. The van der Waals surface area contributed by atoms with Gasteiger partial charge in [-0.1, -0.05) is 13.3 Å². The molecule has 0 aromatic heterocycles. The molecule has 0 radical (unpaired) electrons. The van der Waals surface area contributed by atoms with Gasteiger partial charge in [0.1, 0.15) is 5.82 Å². The highest BCUT2D eigenvalue weighted by Gasteiger charge is 2.36. The van der Waals surface area contributed by atoms with E-state index < -0.39 is 0 Å². The lowest BCUT2D eigenvalue weighted by Gasteiger charge is -2.23. The number of hydrogen-bond acceptors (Lipinski definition) is 2. The fourth-order valence-corrected chi connectivity index (χ4v) is 3.70. The molecule has 0 bridgehead atoms. The van der Waals surface area contributed by atoms with Crippen LogP contribution in [-0.4, -0.2) is 19.6 Å². The minimum atomic E-state index is -0.129. The second kappa shape index (κ2) is 5.49. The Kier molecular flexibility index (Phi) is 3.74. The highest BCUT2D eigenvalue weighted by molar-refractivity contribution is 5.55. The van der Waals surface area contributed by atoms with Crippen molar-refractivity contribution in [3.63, 3.8) is 0 Å². The summed E-state index contributed by atoms with van der Waals surface area (Å²) < 4.78 is 13.4. The number of hydrogen-bond donors (Lipinski definition) is 1. The van der Waals surface area contributed by atoms with Gasteiger partial charge in [-0.05, 0) is 55.0 Å². The zero-order valence-electron chi connectivity index (χ0n) is 11.7. The lowest BCUT2D eigenvalue weighted by molar-refractivity contribution is 0.494. The van der Waals surface area contributed by atoms with E-state index >= 15 is 0 Å². The van der Waals surface area contributed by atoms with Crippen LogP contribution in [0, 0.1) is 17.7 Å². The third-order valence-corrected chi connectivity index (χ3v) is 4.67. The average molecular weight is 262 g/mol. The summed E-state index contributed by atoms with van der Waals surface area (Å²) in [4.78, 5) is 2.47. The number of rotatable bonds is 4. The molecule has 1 aliphatic heterocycles. The molecular formula is C16H23FN2. The number of fused-ring (bicyclic) bond motifs is 1. The number of halogens is 1. The Balaban J connectivity index is 1.79. The molecule has 104 valence electrons. The topological polar surface area (TPSA) is 15.3 Å². The van der Waals surface area contributed by atoms with Crippen LogP contribution < -0.4 is 10.2 Å². The number of anilines is 1. The van der Waals surface area contributed by atoms with E-state index in [1.807, 2.05) is 6.07 Å². The van der Waals surface area contributed by atoms with Crippen molar-refractivity contribution < 1.29 is 4.39 Å². The van der Waals surface area contributed by atoms with Crippen LogP contribution in [0.4, 0.5) is 10.1 Å². The van der Waals surface area contributed by atoms with E-state index in [2.05, 4.69) is 17.1 Å². The van der Waals surface area contributed by atoms with Crippen LogP contribution in [0.2, 0.25) is 0 Å². The zero-order chi connectivity index (χ0) is 13.2. The first kappa shape index (κ1) is 12.9. The second-order valence-corrected chi connectivity index (χ2v) is 5.91. The second-order valence-electron chi connectivity index (χ2n) is 5.91. The van der Waals surface area contributed by atoms with Gasteiger partial charge in [0, 0.05) is 25.3 Å². The molecule has 1 aliphatic carbocycles. The number of benzene rings is 1. The van der Waals surface area contributed by atoms with Gasteiger partial charge in [-0.2, -0.15) is 0 Å². The van der Waals surface area contributed by atoms with Gasteiger partial charge in [-0.3, -0.25) is 0 Å². The van der Waals surface area contributed by atoms with Crippen molar-refractivity contribution in [2.75, 3.05) is 24.5 Å². The maximum atomic E-state index is 13.4. The van der Waals surface area contributed by atoms with E-state index in [0.29, 0.717) is 0 Å². The van der Waals surface area contributed by atoms with Crippen molar-refractivity contribution in [1.82, 2.24) is 5.32 Å². The molecule has 0 amide bonds. The highest BCUT2D eigenvalue weighted by atomic mass is 19.1. The van der Waals surface area contributed by atoms with Gasteiger partial charge < -0.3 is 10.2 Å². The van der Waals surface area contributed by atoms with E-state index in [-0.39, 0.29) is 5.82 Å². The summed E-state index contributed by atoms with van der Waals surface area (Å²) in [6.07, 6.45) is 4.16. The molecule has 2 fully saturated rings. The van der Waals surface area contributed by atoms with E-state index in [9.17, 15) is 4.39 Å². The highest BCUT2D eigenvalue weighted by Crippen LogP contribution is 2.40. The van der Waals surface area contributed by atoms with Gasteiger partial charge >= 0.3 is 0 Å². The van der Waals surface area contributed by atoms with Gasteiger partial charge in [0.25, 0.3) is 0 Å². The number of nitrogens with zero attached hydrogens (tertiary/aromatic N) is 1. The van der Waals surface area contributed by atoms with Crippen LogP contribution in [0.25, 0.3) is 0 Å². The van der Waals surface area contributed by atoms with Crippen LogP contribution in [0.15, 0.2) is 18.2 Å². The first-order valence-electron chi connectivity index (χ1n) is 7.52. The molecule has 2 unspecified atom stereocenters. The van der Waals surface area contributed by atoms with Crippen LogP contribution in [0.1, 0.15) is 31.7 Å². The van der Waals surface area contributed by atoms with Gasteiger partial charge in [0.15, 0.2) is 0 Å². The molecule has 2 atom stereocenters. The standard InChI is InChI=1S/C16H23FN2/c1-2-18-9-14-8-15(17)6-7-16(14)19-10-12-4-3-5-13(12)11-19/h6-8,12-13,18H,2-5,9-11H2,1H3. The summed E-state index contributed by atoms with van der Waals surface area (Å²) in [6, 6.07) is 5.24. The molecule has 3 rings (SSSR count). The normalized spacial score (nSPS) is 25.9. The molecule has 1 aromatic rings. The first-order chi connectivity index (χ1) is 9.28. The first-order valence-corrected chi connectivity index (χ1v) is 7.52. The van der Waals surface area contributed by atoms with Crippen molar-refractivity contribution in [3.8, 4) is 0 Å². The molecule has 1 aromatic carbocycles. The average Bonchev–Trinajstić information content (AvgIpc) is 2.97. The van der Waals surface area contributed by atoms with Crippen LogP contribution in [0.5, 0.6) is 0 Å². The molecule has 1 saturated heterocycles. The molecule has 1 N–H and O–H groups in total. The minimum absolute atomic E-state index is 0.129. The van der Waals surface area contributed by atoms with Crippen molar-refractivity contribution in [1.29, 1.82) is 0 Å². The van der Waals surface area contributed by atoms with E-state index in [0.717, 1.165) is 43.6 Å². The summed E-state index contributed by atoms with van der Waals surface area (Å²) in [5, 5.41) is 3.31. The smallest absolute Gasteiger partial charge is 0.123 e. The summed E-state index contributed by atoms with van der Waals surface area (Å²) in [7, 11) is 0. The van der Waals surface area contributed by atoms with Gasteiger partial charge in [-0.25, -0.2) is 4.39 Å². The van der Waals surface area contributed by atoms with E-state index in [4.69, 9.17) is 0 Å². The Morgan fingerprint density at radius 1 is 1.26 bits per heavy atom. The maximum absolute atomic E-state index is 13.4. The summed E-state index contributed by atoms with van der Waals surface area (Å²) in [5.41, 5.74) is 2.33. The molecule has 1 heterocycles. The Morgan fingerprint density at radius 3 is 2.68 bits per heavy atom. The lowest BCUT2D eigenvalue weighted by Crippen LogP contribution is -2.24. The Hall–Kier alpha value is -1.09. The molecule has 1 saturated carbocycles. The maximum Gasteiger partial charge on any atom is 0.123 e. The van der Waals surface area contributed by atoms with Crippen molar-refractivity contribution in [2.24, 2.45) is 11.8 Å². The van der Waals surface area contributed by atoms with Crippen LogP contribution in [0.3, 0.4) is 0 Å². The molecular weight excluding hydrogens is 239 g/mol. The Labute approximate surface area is 115 Å². The van der Waals surface area contributed by atoms with Crippen molar-refractivity contribution in [2.45, 2.75) is 32.7 Å². The van der Waals surface area contributed by atoms with Crippen molar-refractivity contribution >= 4 is 5.69 Å². The quantitative estimate of drug-likeness (QED) is 0.896. The van der Waals surface area contributed by atoms with Crippen molar-refractivity contribution in [3.05, 3.63) is 29.6 Å². The van der Waals surface area contributed by atoms with E-state index in [1.165, 1.54) is 24.9 Å². The Bertz CT molecular complexity index is 434. The Morgan fingerprint density at radius 2 is 2.00 bits per heavy atom. The van der Waals surface area contributed by atoms with Gasteiger partial charge in [-0.15, -0.1) is 0 Å². The summed E-state index contributed by atoms with van der Waals surface area (Å²) in [6.45, 7) is 6.08.